The van der Waals surface area contributed by atoms with E-state index >= 15 is 0 Å². The van der Waals surface area contributed by atoms with Crippen LogP contribution in [0.4, 0.5) is 0 Å². The number of hydrogen-bond donors (Lipinski definition) is 1. The quantitative estimate of drug-likeness (QED) is 0.626. The Labute approximate surface area is 107 Å². The monoisotopic (exact) mass is 242 g/mol. The van der Waals surface area contributed by atoms with Gasteiger partial charge in [0, 0.05) is 32.8 Å². The van der Waals surface area contributed by atoms with Crippen LogP contribution in [0.5, 0.6) is 0 Å². The molecule has 0 aromatic rings. The first-order chi connectivity index (χ1) is 8.36. The lowest BCUT2D eigenvalue weighted by molar-refractivity contribution is 0.135. The van der Waals surface area contributed by atoms with Crippen LogP contribution < -0.4 is 0 Å². The van der Waals surface area contributed by atoms with E-state index in [1.165, 1.54) is 71.4 Å². The summed E-state index contributed by atoms with van der Waals surface area (Å²) in [4.78, 5) is 5.14. The number of hydrogen-bond acceptors (Lipinski definition) is 3. The number of rotatable bonds is 9. The molecular weight excluding hydrogens is 212 g/mol. The molecule has 0 radical (unpaired) electrons. The topological polar surface area (TPSA) is 26.7 Å². The van der Waals surface area contributed by atoms with Crippen molar-refractivity contribution in [2.75, 3.05) is 45.9 Å². The average Bonchev–Trinajstić information content (AvgIpc) is 2.38. The molecule has 1 N–H and O–H groups in total. The number of likely N-dealkylation sites (N-methyl/N-ethyl adjacent to an activating group) is 1. The molecule has 0 saturated carbocycles. The van der Waals surface area contributed by atoms with E-state index in [0.717, 1.165) is 6.42 Å². The highest BCUT2D eigenvalue weighted by Gasteiger charge is 2.14. The lowest BCUT2D eigenvalue weighted by Gasteiger charge is -2.33. The molecule has 0 aliphatic carbocycles. The molecule has 3 nitrogen and oxygen atoms in total. The van der Waals surface area contributed by atoms with Gasteiger partial charge in [-0.1, -0.05) is 32.6 Å². The second kappa shape index (κ2) is 9.86. The SMILES string of the molecule is CCN1CCN(CCCCCCCCO)CC1. The Morgan fingerprint density at radius 3 is 1.88 bits per heavy atom. The standard InChI is InChI=1S/C14H30N2O/c1-2-15-10-12-16(13-11-15)9-7-5-3-4-6-8-14-17/h17H,2-14H2,1H3. The van der Waals surface area contributed by atoms with Gasteiger partial charge in [0.05, 0.1) is 0 Å². The summed E-state index contributed by atoms with van der Waals surface area (Å²) in [6, 6.07) is 0. The first-order valence-corrected chi connectivity index (χ1v) is 7.42. The third-order valence-corrected chi connectivity index (χ3v) is 3.79. The number of aliphatic hydroxyl groups is 1. The molecule has 0 bridgehead atoms. The number of unbranched alkanes of at least 4 members (excludes halogenated alkanes) is 5. The van der Waals surface area contributed by atoms with E-state index in [1.54, 1.807) is 0 Å². The van der Waals surface area contributed by atoms with E-state index in [-0.39, 0.29) is 0 Å². The van der Waals surface area contributed by atoms with E-state index < -0.39 is 0 Å². The highest BCUT2D eigenvalue weighted by atomic mass is 16.2. The molecule has 0 spiro atoms. The number of nitrogens with zero attached hydrogens (tertiary/aromatic N) is 2. The van der Waals surface area contributed by atoms with Crippen LogP contribution in [0.25, 0.3) is 0 Å². The van der Waals surface area contributed by atoms with Crippen LogP contribution in [-0.2, 0) is 0 Å². The van der Waals surface area contributed by atoms with Gasteiger partial charge in [0.2, 0.25) is 0 Å². The predicted octanol–water partition coefficient (Wildman–Crippen LogP) is 1.96. The normalized spacial score (nSPS) is 18.7. The Morgan fingerprint density at radius 1 is 0.765 bits per heavy atom. The van der Waals surface area contributed by atoms with Gasteiger partial charge in [-0.3, -0.25) is 0 Å². The fourth-order valence-corrected chi connectivity index (χ4v) is 2.48. The molecule has 1 aliphatic rings. The van der Waals surface area contributed by atoms with Gasteiger partial charge in [-0.2, -0.15) is 0 Å². The zero-order valence-electron chi connectivity index (χ0n) is 11.5. The van der Waals surface area contributed by atoms with Crippen molar-refractivity contribution < 1.29 is 5.11 Å². The summed E-state index contributed by atoms with van der Waals surface area (Å²) in [5, 5.41) is 8.67. The second-order valence-electron chi connectivity index (χ2n) is 5.12. The minimum atomic E-state index is 0.363. The van der Waals surface area contributed by atoms with Crippen LogP contribution in [0, 0.1) is 0 Å². The Bertz CT molecular complexity index is 168. The van der Waals surface area contributed by atoms with Crippen molar-refractivity contribution in [3.8, 4) is 0 Å². The van der Waals surface area contributed by atoms with Crippen molar-refractivity contribution >= 4 is 0 Å². The van der Waals surface area contributed by atoms with Gasteiger partial charge in [-0.05, 0) is 25.9 Å². The molecule has 0 amide bonds. The van der Waals surface area contributed by atoms with E-state index in [2.05, 4.69) is 16.7 Å². The van der Waals surface area contributed by atoms with Crippen LogP contribution in [0.1, 0.15) is 45.4 Å². The molecule has 0 aromatic carbocycles. The van der Waals surface area contributed by atoms with Crippen molar-refractivity contribution in [2.45, 2.75) is 45.4 Å². The van der Waals surface area contributed by atoms with Gasteiger partial charge in [-0.25, -0.2) is 0 Å². The molecule has 1 aliphatic heterocycles. The third kappa shape index (κ3) is 7.02. The highest BCUT2D eigenvalue weighted by Crippen LogP contribution is 2.07. The van der Waals surface area contributed by atoms with E-state index in [1.807, 2.05) is 0 Å². The molecular formula is C14H30N2O. The van der Waals surface area contributed by atoms with Crippen molar-refractivity contribution in [3.63, 3.8) is 0 Å². The molecule has 1 saturated heterocycles. The Balaban J connectivity index is 1.87. The maximum absolute atomic E-state index is 8.67. The van der Waals surface area contributed by atoms with Crippen LogP contribution in [0.15, 0.2) is 0 Å². The zero-order valence-corrected chi connectivity index (χ0v) is 11.5. The summed E-state index contributed by atoms with van der Waals surface area (Å²) in [7, 11) is 0. The molecule has 1 rings (SSSR count). The maximum atomic E-state index is 8.67. The molecule has 0 aromatic heterocycles. The molecule has 0 atom stereocenters. The fourth-order valence-electron chi connectivity index (χ4n) is 2.48. The van der Waals surface area contributed by atoms with E-state index in [9.17, 15) is 0 Å². The molecule has 1 heterocycles. The molecule has 17 heavy (non-hydrogen) atoms. The summed E-state index contributed by atoms with van der Waals surface area (Å²) in [5.41, 5.74) is 0. The summed E-state index contributed by atoms with van der Waals surface area (Å²) in [6.07, 6.45) is 7.54. The summed E-state index contributed by atoms with van der Waals surface area (Å²) in [5.74, 6) is 0. The van der Waals surface area contributed by atoms with Gasteiger partial charge < -0.3 is 14.9 Å². The Morgan fingerprint density at radius 2 is 1.29 bits per heavy atom. The highest BCUT2D eigenvalue weighted by molar-refractivity contribution is 4.70. The minimum absolute atomic E-state index is 0.363. The van der Waals surface area contributed by atoms with Gasteiger partial charge in [0.1, 0.15) is 0 Å². The zero-order chi connectivity index (χ0) is 12.3. The Kier molecular flexibility index (Phi) is 8.67. The summed E-state index contributed by atoms with van der Waals surface area (Å²) < 4.78 is 0. The molecule has 1 fully saturated rings. The second-order valence-corrected chi connectivity index (χ2v) is 5.12. The third-order valence-electron chi connectivity index (χ3n) is 3.79. The largest absolute Gasteiger partial charge is 0.396 e. The molecule has 102 valence electrons. The van der Waals surface area contributed by atoms with Crippen molar-refractivity contribution in [3.05, 3.63) is 0 Å². The van der Waals surface area contributed by atoms with Crippen LogP contribution in [-0.4, -0.2) is 60.8 Å². The first-order valence-electron chi connectivity index (χ1n) is 7.42. The average molecular weight is 242 g/mol. The van der Waals surface area contributed by atoms with Crippen molar-refractivity contribution in [2.24, 2.45) is 0 Å². The van der Waals surface area contributed by atoms with Crippen LogP contribution in [0.2, 0.25) is 0 Å². The fraction of sp³-hybridized carbons (Fsp3) is 1.00. The lowest BCUT2D eigenvalue weighted by Crippen LogP contribution is -2.46. The first kappa shape index (κ1) is 14.9. The van der Waals surface area contributed by atoms with Gasteiger partial charge in [0.25, 0.3) is 0 Å². The summed E-state index contributed by atoms with van der Waals surface area (Å²) in [6.45, 7) is 10.1. The molecule has 0 unspecified atom stereocenters. The van der Waals surface area contributed by atoms with Crippen LogP contribution >= 0.6 is 0 Å². The molecule has 3 heteroatoms. The van der Waals surface area contributed by atoms with E-state index in [0.29, 0.717) is 6.61 Å². The van der Waals surface area contributed by atoms with Gasteiger partial charge >= 0.3 is 0 Å². The smallest absolute Gasteiger partial charge is 0.0431 e. The predicted molar refractivity (Wildman–Crippen MR) is 73.3 cm³/mol. The summed E-state index contributed by atoms with van der Waals surface area (Å²) >= 11 is 0. The maximum Gasteiger partial charge on any atom is 0.0431 e. The number of piperazine rings is 1. The van der Waals surface area contributed by atoms with Crippen molar-refractivity contribution in [1.82, 2.24) is 9.80 Å². The van der Waals surface area contributed by atoms with Gasteiger partial charge in [-0.15, -0.1) is 0 Å². The Hall–Kier alpha value is -0.120. The van der Waals surface area contributed by atoms with Crippen molar-refractivity contribution in [1.29, 1.82) is 0 Å². The van der Waals surface area contributed by atoms with E-state index in [4.69, 9.17) is 5.11 Å². The minimum Gasteiger partial charge on any atom is -0.396 e. The lowest BCUT2D eigenvalue weighted by atomic mass is 10.1. The van der Waals surface area contributed by atoms with Gasteiger partial charge in [0.15, 0.2) is 0 Å². The van der Waals surface area contributed by atoms with Crippen LogP contribution in [0.3, 0.4) is 0 Å². The number of aliphatic hydroxyl groups excluding tert-OH is 1.